The first-order valence-electron chi connectivity index (χ1n) is 4.77. The van der Waals surface area contributed by atoms with Crippen LogP contribution in [-0.2, 0) is 7.05 Å². The summed E-state index contributed by atoms with van der Waals surface area (Å²) < 4.78 is 2.00. The number of nitriles is 1. The van der Waals surface area contributed by atoms with Gasteiger partial charge < -0.3 is 4.57 Å². The molecule has 1 aromatic carbocycles. The lowest BCUT2D eigenvalue weighted by Crippen LogP contribution is -1.86. The summed E-state index contributed by atoms with van der Waals surface area (Å²) in [4.78, 5) is 0. The first-order chi connectivity index (χ1) is 7.13. The van der Waals surface area contributed by atoms with Crippen molar-refractivity contribution in [3.63, 3.8) is 0 Å². The molecule has 1 unspecified atom stereocenters. The summed E-state index contributed by atoms with van der Waals surface area (Å²) in [6, 6.07) is 8.01. The maximum absolute atomic E-state index is 8.93. The second-order valence-electron chi connectivity index (χ2n) is 3.71. The molecule has 2 nitrogen and oxygen atoms in total. The van der Waals surface area contributed by atoms with Crippen molar-refractivity contribution in [1.82, 2.24) is 4.57 Å². The molecule has 0 N–H and O–H groups in total. The van der Waals surface area contributed by atoms with Crippen molar-refractivity contribution in [2.75, 3.05) is 0 Å². The van der Waals surface area contributed by atoms with Gasteiger partial charge in [0.05, 0.1) is 12.0 Å². The smallest absolute Gasteiger partial charge is 0.0705 e. The molecular weight excluding hydrogens is 208 g/mol. The molecule has 15 heavy (non-hydrogen) atoms. The Balaban J connectivity index is 2.74. The number of benzene rings is 1. The highest BCUT2D eigenvalue weighted by Gasteiger charge is 2.12. The zero-order valence-electron chi connectivity index (χ0n) is 8.66. The summed E-state index contributed by atoms with van der Waals surface area (Å²) in [5.41, 5.74) is 2.13. The van der Waals surface area contributed by atoms with Gasteiger partial charge in [0.2, 0.25) is 0 Å². The van der Waals surface area contributed by atoms with E-state index in [1.165, 1.54) is 0 Å². The Bertz CT molecular complexity index is 548. The van der Waals surface area contributed by atoms with Crippen LogP contribution >= 0.6 is 11.6 Å². The van der Waals surface area contributed by atoms with Gasteiger partial charge in [0.25, 0.3) is 0 Å². The molecule has 0 bridgehead atoms. The van der Waals surface area contributed by atoms with Crippen molar-refractivity contribution >= 4 is 22.5 Å². The van der Waals surface area contributed by atoms with Gasteiger partial charge in [0.1, 0.15) is 0 Å². The molecule has 0 radical (unpaired) electrons. The molecule has 0 aliphatic carbocycles. The van der Waals surface area contributed by atoms with Crippen LogP contribution in [0.5, 0.6) is 0 Å². The van der Waals surface area contributed by atoms with E-state index in [9.17, 15) is 0 Å². The Morgan fingerprint density at radius 2 is 2.20 bits per heavy atom. The molecule has 0 aliphatic rings. The number of aromatic nitrogens is 1. The van der Waals surface area contributed by atoms with Crippen LogP contribution in [0, 0.1) is 11.3 Å². The first-order valence-corrected chi connectivity index (χ1v) is 5.15. The lowest BCUT2D eigenvalue weighted by Gasteiger charge is -1.99. The minimum Gasteiger partial charge on any atom is -0.350 e. The summed E-state index contributed by atoms with van der Waals surface area (Å²) in [5, 5.41) is 10.8. The SMILES string of the molecule is CC(C#N)c1cn(C)c2cc(Cl)ccc12. The van der Waals surface area contributed by atoms with E-state index < -0.39 is 0 Å². The third kappa shape index (κ3) is 1.60. The van der Waals surface area contributed by atoms with Gasteiger partial charge in [0, 0.05) is 29.2 Å². The molecule has 0 amide bonds. The van der Waals surface area contributed by atoms with E-state index in [1.807, 2.05) is 42.9 Å². The van der Waals surface area contributed by atoms with Crippen LogP contribution in [0.1, 0.15) is 18.4 Å². The first kappa shape index (κ1) is 10.1. The third-order valence-corrected chi connectivity index (χ3v) is 2.88. The average Bonchev–Trinajstić information content (AvgIpc) is 2.55. The molecule has 0 spiro atoms. The number of hydrogen-bond acceptors (Lipinski definition) is 1. The number of rotatable bonds is 1. The van der Waals surface area contributed by atoms with Crippen LogP contribution < -0.4 is 0 Å². The lowest BCUT2D eigenvalue weighted by molar-refractivity contribution is 0.928. The topological polar surface area (TPSA) is 28.7 Å². The fourth-order valence-corrected chi connectivity index (χ4v) is 1.97. The van der Waals surface area contributed by atoms with E-state index in [0.29, 0.717) is 0 Å². The molecule has 0 saturated heterocycles. The fraction of sp³-hybridized carbons (Fsp3) is 0.250. The standard InChI is InChI=1S/C12H11ClN2/c1-8(6-14)11-7-15(2)12-5-9(13)3-4-10(11)12/h3-5,7-8H,1-2H3. The fourth-order valence-electron chi connectivity index (χ4n) is 1.80. The van der Waals surface area contributed by atoms with Gasteiger partial charge in [-0.15, -0.1) is 0 Å². The molecule has 1 atom stereocenters. The molecular formula is C12H11ClN2. The highest BCUT2D eigenvalue weighted by Crippen LogP contribution is 2.28. The maximum Gasteiger partial charge on any atom is 0.0705 e. The Morgan fingerprint density at radius 1 is 1.47 bits per heavy atom. The number of nitrogens with zero attached hydrogens (tertiary/aromatic N) is 2. The highest BCUT2D eigenvalue weighted by molar-refractivity contribution is 6.31. The van der Waals surface area contributed by atoms with Gasteiger partial charge >= 0.3 is 0 Å². The second-order valence-corrected chi connectivity index (χ2v) is 4.14. The van der Waals surface area contributed by atoms with E-state index >= 15 is 0 Å². The molecule has 0 aliphatic heterocycles. The molecule has 3 heteroatoms. The molecule has 1 aromatic heterocycles. The predicted molar refractivity (Wildman–Crippen MR) is 62.0 cm³/mol. The van der Waals surface area contributed by atoms with Crippen LogP contribution in [0.15, 0.2) is 24.4 Å². The van der Waals surface area contributed by atoms with E-state index in [2.05, 4.69) is 6.07 Å². The van der Waals surface area contributed by atoms with Gasteiger partial charge in [-0.3, -0.25) is 0 Å². The van der Waals surface area contributed by atoms with Crippen molar-refractivity contribution in [2.24, 2.45) is 7.05 Å². The van der Waals surface area contributed by atoms with E-state index in [-0.39, 0.29) is 5.92 Å². The van der Waals surface area contributed by atoms with E-state index in [4.69, 9.17) is 16.9 Å². The van der Waals surface area contributed by atoms with Crippen LogP contribution in [0.2, 0.25) is 5.02 Å². The molecule has 2 rings (SSSR count). The Morgan fingerprint density at radius 3 is 2.87 bits per heavy atom. The van der Waals surface area contributed by atoms with Gasteiger partial charge in [-0.2, -0.15) is 5.26 Å². The largest absolute Gasteiger partial charge is 0.350 e. The van der Waals surface area contributed by atoms with Crippen LogP contribution in [0.25, 0.3) is 10.9 Å². The second kappa shape index (κ2) is 3.60. The van der Waals surface area contributed by atoms with E-state index in [1.54, 1.807) is 0 Å². The zero-order chi connectivity index (χ0) is 11.0. The van der Waals surface area contributed by atoms with Gasteiger partial charge in [-0.05, 0) is 24.6 Å². The van der Waals surface area contributed by atoms with Crippen molar-refractivity contribution in [2.45, 2.75) is 12.8 Å². The zero-order valence-corrected chi connectivity index (χ0v) is 9.42. The quantitative estimate of drug-likeness (QED) is 0.721. The molecule has 1 heterocycles. The van der Waals surface area contributed by atoms with Gasteiger partial charge in [0.15, 0.2) is 0 Å². The van der Waals surface area contributed by atoms with Crippen molar-refractivity contribution in [3.05, 3.63) is 35.0 Å². The summed E-state index contributed by atoms with van der Waals surface area (Å²) in [5.74, 6) is -0.0881. The monoisotopic (exact) mass is 218 g/mol. The molecule has 0 fully saturated rings. The van der Waals surface area contributed by atoms with Crippen LogP contribution in [0.3, 0.4) is 0 Å². The van der Waals surface area contributed by atoms with Crippen LogP contribution in [-0.4, -0.2) is 4.57 Å². The normalized spacial score (nSPS) is 12.7. The molecule has 0 saturated carbocycles. The predicted octanol–water partition coefficient (Wildman–Crippen LogP) is 3.46. The number of fused-ring (bicyclic) bond motifs is 1. The number of hydrogen-bond donors (Lipinski definition) is 0. The maximum atomic E-state index is 8.93. The average molecular weight is 219 g/mol. The third-order valence-electron chi connectivity index (χ3n) is 2.64. The Kier molecular flexibility index (Phi) is 2.42. The van der Waals surface area contributed by atoms with Crippen LogP contribution in [0.4, 0.5) is 0 Å². The minimum atomic E-state index is -0.0881. The molecule has 76 valence electrons. The highest BCUT2D eigenvalue weighted by atomic mass is 35.5. The number of aryl methyl sites for hydroxylation is 1. The van der Waals surface area contributed by atoms with E-state index in [0.717, 1.165) is 21.5 Å². The summed E-state index contributed by atoms with van der Waals surface area (Å²) >= 11 is 5.94. The Labute approximate surface area is 93.7 Å². The summed E-state index contributed by atoms with van der Waals surface area (Å²) in [7, 11) is 1.96. The minimum absolute atomic E-state index is 0.0881. The van der Waals surface area contributed by atoms with Gasteiger partial charge in [-0.25, -0.2) is 0 Å². The number of halogens is 1. The van der Waals surface area contributed by atoms with Crippen molar-refractivity contribution in [3.8, 4) is 6.07 Å². The Hall–Kier alpha value is -1.46. The van der Waals surface area contributed by atoms with Crippen molar-refractivity contribution in [1.29, 1.82) is 5.26 Å². The van der Waals surface area contributed by atoms with Crippen molar-refractivity contribution < 1.29 is 0 Å². The summed E-state index contributed by atoms with van der Waals surface area (Å²) in [6.45, 7) is 1.91. The molecule has 2 aromatic rings. The lowest BCUT2D eigenvalue weighted by atomic mass is 10.0. The summed E-state index contributed by atoms with van der Waals surface area (Å²) in [6.07, 6.45) is 1.99. The van der Waals surface area contributed by atoms with Gasteiger partial charge in [-0.1, -0.05) is 17.7 Å².